The molecule has 1 heterocycles. The number of amides is 1. The van der Waals surface area contributed by atoms with Gasteiger partial charge in [0, 0.05) is 7.05 Å². The Morgan fingerprint density at radius 2 is 1.93 bits per heavy atom. The third-order valence-corrected chi connectivity index (χ3v) is 4.38. The lowest BCUT2D eigenvalue weighted by Crippen LogP contribution is -2.26. The number of carbonyl (C=O) groups is 2. The van der Waals surface area contributed by atoms with Gasteiger partial charge < -0.3 is 14.8 Å². The van der Waals surface area contributed by atoms with E-state index < -0.39 is 11.9 Å². The van der Waals surface area contributed by atoms with Crippen LogP contribution in [-0.2, 0) is 23.0 Å². The Balaban J connectivity index is 1.87. The first kappa shape index (κ1) is 20.1. The highest BCUT2D eigenvalue weighted by molar-refractivity contribution is 5.96. The number of benzene rings is 2. The number of esters is 1. The first-order chi connectivity index (χ1) is 13.9. The van der Waals surface area contributed by atoms with Crippen LogP contribution in [0.15, 0.2) is 47.3 Å². The summed E-state index contributed by atoms with van der Waals surface area (Å²) in [6, 6.07) is 11.6. The Hall–Kier alpha value is -3.68. The number of anilines is 1. The van der Waals surface area contributed by atoms with Crippen molar-refractivity contribution in [2.75, 3.05) is 19.0 Å². The van der Waals surface area contributed by atoms with Crippen molar-refractivity contribution in [3.63, 3.8) is 0 Å². The van der Waals surface area contributed by atoms with Crippen molar-refractivity contribution < 1.29 is 19.1 Å². The molecular weight excluding hydrogens is 374 g/mol. The summed E-state index contributed by atoms with van der Waals surface area (Å²) in [6.45, 7) is 1.96. The Labute approximate surface area is 167 Å². The van der Waals surface area contributed by atoms with Crippen LogP contribution >= 0.6 is 0 Å². The Bertz CT molecular complexity index is 1140. The molecule has 29 heavy (non-hydrogen) atoms. The summed E-state index contributed by atoms with van der Waals surface area (Å²) in [5, 5.41) is 3.20. The van der Waals surface area contributed by atoms with Crippen LogP contribution in [0.1, 0.15) is 23.1 Å². The number of hydrogen-bond acceptors (Lipinski definition) is 6. The monoisotopic (exact) mass is 395 g/mol. The number of fused-ring (bicyclic) bond motifs is 1. The number of nitrogens with zero attached hydrogens (tertiary/aromatic N) is 2. The molecule has 0 aliphatic heterocycles. The van der Waals surface area contributed by atoms with E-state index in [9.17, 15) is 14.4 Å². The van der Waals surface area contributed by atoms with E-state index in [-0.39, 0.29) is 18.6 Å². The Morgan fingerprint density at radius 1 is 1.17 bits per heavy atom. The van der Waals surface area contributed by atoms with Crippen molar-refractivity contribution in [1.82, 2.24) is 9.55 Å². The van der Waals surface area contributed by atoms with Crippen LogP contribution in [0.3, 0.4) is 0 Å². The van der Waals surface area contributed by atoms with Crippen LogP contribution in [0.4, 0.5) is 5.69 Å². The summed E-state index contributed by atoms with van der Waals surface area (Å²) >= 11 is 0. The van der Waals surface area contributed by atoms with Crippen molar-refractivity contribution in [2.45, 2.75) is 13.3 Å². The summed E-state index contributed by atoms with van der Waals surface area (Å²) in [5.74, 6) is -0.176. The van der Waals surface area contributed by atoms with Gasteiger partial charge in [-0.2, -0.15) is 0 Å². The van der Waals surface area contributed by atoms with Gasteiger partial charge in [-0.15, -0.1) is 0 Å². The van der Waals surface area contributed by atoms with Crippen LogP contribution in [0, 0.1) is 0 Å². The quantitative estimate of drug-likeness (QED) is 0.643. The summed E-state index contributed by atoms with van der Waals surface area (Å²) in [4.78, 5) is 41.5. The molecule has 0 fully saturated rings. The molecule has 3 rings (SSSR count). The summed E-state index contributed by atoms with van der Waals surface area (Å²) in [7, 11) is 3.04. The zero-order chi connectivity index (χ0) is 21.0. The first-order valence-electron chi connectivity index (χ1n) is 9.04. The maximum atomic E-state index is 12.6. The van der Waals surface area contributed by atoms with Crippen molar-refractivity contribution in [3.8, 4) is 5.75 Å². The van der Waals surface area contributed by atoms with Crippen LogP contribution in [0.2, 0.25) is 0 Å². The Kier molecular flexibility index (Phi) is 5.92. The molecule has 0 saturated carbocycles. The maximum absolute atomic E-state index is 12.6. The molecule has 2 aromatic carbocycles. The third-order valence-electron chi connectivity index (χ3n) is 4.38. The van der Waals surface area contributed by atoms with E-state index in [1.807, 2.05) is 0 Å². The molecule has 0 saturated heterocycles. The van der Waals surface area contributed by atoms with E-state index in [1.165, 1.54) is 17.7 Å². The van der Waals surface area contributed by atoms with Gasteiger partial charge in [-0.1, -0.05) is 12.1 Å². The van der Waals surface area contributed by atoms with E-state index >= 15 is 0 Å². The van der Waals surface area contributed by atoms with Gasteiger partial charge in [-0.3, -0.25) is 14.2 Å². The fourth-order valence-corrected chi connectivity index (χ4v) is 2.91. The van der Waals surface area contributed by atoms with Crippen molar-refractivity contribution in [1.29, 1.82) is 0 Å². The molecule has 0 spiro atoms. The first-order valence-corrected chi connectivity index (χ1v) is 9.04. The fourth-order valence-electron chi connectivity index (χ4n) is 2.91. The largest absolute Gasteiger partial charge is 0.495 e. The molecule has 0 aliphatic rings. The predicted octanol–water partition coefficient (Wildman–Crippen LogP) is 2.30. The molecule has 8 nitrogen and oxygen atoms in total. The molecular formula is C21H21N3O5. The van der Waals surface area contributed by atoms with Gasteiger partial charge in [0.15, 0.2) is 0 Å². The van der Waals surface area contributed by atoms with Gasteiger partial charge in [-0.05, 0) is 37.3 Å². The minimum absolute atomic E-state index is 0.122. The maximum Gasteiger partial charge on any atom is 0.338 e. The molecule has 1 amide bonds. The second kappa shape index (κ2) is 8.55. The number of para-hydroxylation sites is 1. The van der Waals surface area contributed by atoms with E-state index in [2.05, 4.69) is 10.3 Å². The molecule has 150 valence electrons. The summed E-state index contributed by atoms with van der Waals surface area (Å²) < 4.78 is 11.6. The Morgan fingerprint density at radius 3 is 2.66 bits per heavy atom. The zero-order valence-corrected chi connectivity index (χ0v) is 16.4. The fraction of sp³-hybridized carbons (Fsp3) is 0.238. The third kappa shape index (κ3) is 4.26. The van der Waals surface area contributed by atoms with Crippen LogP contribution in [0.5, 0.6) is 5.75 Å². The van der Waals surface area contributed by atoms with E-state index in [1.54, 1.807) is 50.4 Å². The molecule has 1 aromatic heterocycles. The lowest BCUT2D eigenvalue weighted by atomic mass is 10.1. The van der Waals surface area contributed by atoms with Gasteiger partial charge in [-0.25, -0.2) is 9.78 Å². The van der Waals surface area contributed by atoms with Crippen LogP contribution in [0.25, 0.3) is 10.9 Å². The average molecular weight is 395 g/mol. The van der Waals surface area contributed by atoms with Crippen LogP contribution in [-0.4, -0.2) is 35.1 Å². The SMILES string of the molecule is CCOC(=O)c1ccc(OC)c(NC(=O)Cc2nc3ccccc3c(=O)n2C)c1. The lowest BCUT2D eigenvalue weighted by Gasteiger charge is -2.13. The van der Waals surface area contributed by atoms with Crippen molar-refractivity contribution in [3.05, 3.63) is 64.2 Å². The van der Waals surface area contributed by atoms with Crippen LogP contribution < -0.4 is 15.6 Å². The van der Waals surface area contributed by atoms with Gasteiger partial charge in [0.1, 0.15) is 11.6 Å². The minimum atomic E-state index is -0.496. The predicted molar refractivity (Wildman–Crippen MR) is 108 cm³/mol. The minimum Gasteiger partial charge on any atom is -0.495 e. The molecule has 0 radical (unpaired) electrons. The standard InChI is InChI=1S/C21H21N3O5/c1-4-29-21(27)13-9-10-17(28-3)16(11-13)23-19(25)12-18-22-15-8-6-5-7-14(15)20(26)24(18)2/h5-11H,4,12H2,1-3H3,(H,23,25). The summed E-state index contributed by atoms with van der Waals surface area (Å²) in [5.41, 5.74) is 0.925. The molecule has 3 aromatic rings. The molecule has 1 N–H and O–H groups in total. The second-order valence-electron chi connectivity index (χ2n) is 6.27. The van der Waals surface area contributed by atoms with Gasteiger partial charge in [0.2, 0.25) is 5.91 Å². The molecule has 8 heteroatoms. The molecule has 0 atom stereocenters. The second-order valence-corrected chi connectivity index (χ2v) is 6.27. The van der Waals surface area contributed by atoms with Gasteiger partial charge >= 0.3 is 5.97 Å². The smallest absolute Gasteiger partial charge is 0.338 e. The molecule has 0 bridgehead atoms. The number of carbonyl (C=O) groups excluding carboxylic acids is 2. The number of hydrogen-bond donors (Lipinski definition) is 1. The van der Waals surface area contributed by atoms with E-state index in [0.29, 0.717) is 33.7 Å². The van der Waals surface area contributed by atoms with Crippen molar-refractivity contribution >= 4 is 28.5 Å². The lowest BCUT2D eigenvalue weighted by molar-refractivity contribution is -0.115. The van der Waals surface area contributed by atoms with E-state index in [4.69, 9.17) is 9.47 Å². The number of rotatable bonds is 6. The van der Waals surface area contributed by atoms with Gasteiger partial charge in [0.25, 0.3) is 5.56 Å². The normalized spacial score (nSPS) is 10.6. The number of nitrogens with one attached hydrogen (secondary N) is 1. The number of ether oxygens (including phenoxy) is 2. The average Bonchev–Trinajstić information content (AvgIpc) is 2.72. The topological polar surface area (TPSA) is 99.5 Å². The zero-order valence-electron chi connectivity index (χ0n) is 16.4. The van der Waals surface area contributed by atoms with Gasteiger partial charge in [0.05, 0.1) is 42.3 Å². The highest BCUT2D eigenvalue weighted by atomic mass is 16.5. The number of aromatic nitrogens is 2. The summed E-state index contributed by atoms with van der Waals surface area (Å²) in [6.07, 6.45) is -0.122. The number of methoxy groups -OCH3 is 1. The molecule has 0 aliphatic carbocycles. The van der Waals surface area contributed by atoms with E-state index in [0.717, 1.165) is 0 Å². The highest BCUT2D eigenvalue weighted by Gasteiger charge is 2.16. The highest BCUT2D eigenvalue weighted by Crippen LogP contribution is 2.26. The van der Waals surface area contributed by atoms with Crippen molar-refractivity contribution in [2.24, 2.45) is 7.05 Å². The molecule has 0 unspecified atom stereocenters.